The lowest BCUT2D eigenvalue weighted by Crippen LogP contribution is -3.15. The summed E-state index contributed by atoms with van der Waals surface area (Å²) in [6, 6.07) is 10.6. The fourth-order valence-corrected chi connectivity index (χ4v) is 3.85. The van der Waals surface area contributed by atoms with E-state index in [2.05, 4.69) is 48.3 Å². The molecular weight excluding hydrogens is 318 g/mol. The minimum absolute atomic E-state index is 0.151. The molecule has 0 atom stereocenters. The first-order chi connectivity index (χ1) is 11.6. The minimum Gasteiger partial charge on any atom is -0.360 e. The SMILES string of the molecule is Cc1cccc(N2CC[NH+](CC(=O)NCc3cccs3)CC2)c1C. The molecule has 24 heavy (non-hydrogen) atoms. The molecule has 1 saturated heterocycles. The smallest absolute Gasteiger partial charge is 0.275 e. The monoisotopic (exact) mass is 344 g/mol. The van der Waals surface area contributed by atoms with Gasteiger partial charge in [-0.25, -0.2) is 0 Å². The Hall–Kier alpha value is -1.85. The summed E-state index contributed by atoms with van der Waals surface area (Å²) in [6.07, 6.45) is 0. The van der Waals surface area contributed by atoms with Crippen LogP contribution in [0, 0.1) is 13.8 Å². The number of anilines is 1. The number of quaternary nitrogens is 1. The Morgan fingerprint density at radius 3 is 2.71 bits per heavy atom. The van der Waals surface area contributed by atoms with Gasteiger partial charge in [0.2, 0.25) is 0 Å². The molecule has 2 heterocycles. The van der Waals surface area contributed by atoms with Crippen molar-refractivity contribution in [3.05, 3.63) is 51.7 Å². The van der Waals surface area contributed by atoms with Gasteiger partial charge in [0.15, 0.2) is 6.54 Å². The maximum Gasteiger partial charge on any atom is 0.275 e. The average Bonchev–Trinajstić information content (AvgIpc) is 3.10. The largest absolute Gasteiger partial charge is 0.360 e. The van der Waals surface area contributed by atoms with Crippen LogP contribution in [-0.4, -0.2) is 38.6 Å². The zero-order valence-corrected chi connectivity index (χ0v) is 15.3. The van der Waals surface area contributed by atoms with Crippen LogP contribution in [0.1, 0.15) is 16.0 Å². The Balaban J connectivity index is 1.46. The molecule has 5 heteroatoms. The number of rotatable bonds is 5. The third kappa shape index (κ3) is 4.16. The summed E-state index contributed by atoms with van der Waals surface area (Å²) < 4.78 is 0. The molecule has 0 saturated carbocycles. The van der Waals surface area contributed by atoms with Crippen molar-refractivity contribution in [1.82, 2.24) is 5.32 Å². The van der Waals surface area contributed by atoms with Crippen molar-refractivity contribution >= 4 is 22.9 Å². The quantitative estimate of drug-likeness (QED) is 0.860. The Bertz CT molecular complexity index is 676. The first kappa shape index (κ1) is 17.0. The minimum atomic E-state index is 0.151. The van der Waals surface area contributed by atoms with Crippen molar-refractivity contribution < 1.29 is 9.69 Å². The second-order valence-corrected chi connectivity index (χ2v) is 7.52. The Kier molecular flexibility index (Phi) is 5.53. The van der Waals surface area contributed by atoms with E-state index in [1.54, 1.807) is 11.3 Å². The predicted molar refractivity (Wildman–Crippen MR) is 99.9 cm³/mol. The van der Waals surface area contributed by atoms with E-state index >= 15 is 0 Å². The van der Waals surface area contributed by atoms with Crippen molar-refractivity contribution in [2.24, 2.45) is 0 Å². The first-order valence-corrected chi connectivity index (χ1v) is 9.45. The first-order valence-electron chi connectivity index (χ1n) is 8.57. The maximum atomic E-state index is 12.1. The van der Waals surface area contributed by atoms with E-state index in [1.807, 2.05) is 11.4 Å². The number of thiophene rings is 1. The van der Waals surface area contributed by atoms with Gasteiger partial charge in [-0.05, 0) is 42.5 Å². The van der Waals surface area contributed by atoms with Gasteiger partial charge >= 0.3 is 0 Å². The van der Waals surface area contributed by atoms with E-state index in [-0.39, 0.29) is 5.91 Å². The lowest BCUT2D eigenvalue weighted by molar-refractivity contribution is -0.892. The average molecular weight is 345 g/mol. The summed E-state index contributed by atoms with van der Waals surface area (Å²) in [7, 11) is 0. The Morgan fingerprint density at radius 1 is 1.21 bits per heavy atom. The summed E-state index contributed by atoms with van der Waals surface area (Å²) in [5, 5.41) is 5.07. The van der Waals surface area contributed by atoms with Crippen LogP contribution in [0.3, 0.4) is 0 Å². The van der Waals surface area contributed by atoms with Crippen LogP contribution in [0.5, 0.6) is 0 Å². The molecule has 1 aromatic carbocycles. The number of aryl methyl sites for hydroxylation is 1. The molecule has 128 valence electrons. The van der Waals surface area contributed by atoms with E-state index in [4.69, 9.17) is 0 Å². The zero-order valence-electron chi connectivity index (χ0n) is 14.5. The van der Waals surface area contributed by atoms with Crippen LogP contribution in [0.25, 0.3) is 0 Å². The Morgan fingerprint density at radius 2 is 2.00 bits per heavy atom. The van der Waals surface area contributed by atoms with Crippen LogP contribution in [0.15, 0.2) is 35.7 Å². The van der Waals surface area contributed by atoms with Gasteiger partial charge in [0, 0.05) is 10.6 Å². The lowest BCUT2D eigenvalue weighted by Gasteiger charge is -2.34. The molecule has 0 unspecified atom stereocenters. The molecule has 0 spiro atoms. The van der Waals surface area contributed by atoms with Crippen LogP contribution < -0.4 is 15.1 Å². The predicted octanol–water partition coefficient (Wildman–Crippen LogP) is 1.39. The summed E-state index contributed by atoms with van der Waals surface area (Å²) in [6.45, 7) is 9.64. The van der Waals surface area contributed by atoms with Crippen molar-refractivity contribution in [2.45, 2.75) is 20.4 Å². The second-order valence-electron chi connectivity index (χ2n) is 6.49. The van der Waals surface area contributed by atoms with E-state index < -0.39 is 0 Å². The Labute approximate surface area is 148 Å². The van der Waals surface area contributed by atoms with Gasteiger partial charge in [0.1, 0.15) is 0 Å². The van der Waals surface area contributed by atoms with Gasteiger partial charge < -0.3 is 15.1 Å². The summed E-state index contributed by atoms with van der Waals surface area (Å²) >= 11 is 1.68. The number of piperazine rings is 1. The summed E-state index contributed by atoms with van der Waals surface area (Å²) in [4.78, 5) is 17.2. The fourth-order valence-electron chi connectivity index (χ4n) is 3.21. The molecule has 1 fully saturated rings. The maximum absolute atomic E-state index is 12.1. The van der Waals surface area contributed by atoms with Crippen molar-refractivity contribution in [3.8, 4) is 0 Å². The molecule has 2 N–H and O–H groups in total. The standard InChI is InChI=1S/C19H25N3OS/c1-15-5-3-7-18(16(15)2)22-10-8-21(9-11-22)14-19(23)20-13-17-6-4-12-24-17/h3-7,12H,8-11,13-14H2,1-2H3,(H,20,23)/p+1. The summed E-state index contributed by atoms with van der Waals surface area (Å²) in [5.74, 6) is 0.151. The van der Waals surface area contributed by atoms with Crippen LogP contribution in [0.2, 0.25) is 0 Å². The van der Waals surface area contributed by atoms with Gasteiger partial charge in [-0.3, -0.25) is 4.79 Å². The van der Waals surface area contributed by atoms with Crippen LogP contribution >= 0.6 is 11.3 Å². The highest BCUT2D eigenvalue weighted by molar-refractivity contribution is 7.09. The van der Waals surface area contributed by atoms with Crippen LogP contribution in [-0.2, 0) is 11.3 Å². The van der Waals surface area contributed by atoms with Crippen LogP contribution in [0.4, 0.5) is 5.69 Å². The highest BCUT2D eigenvalue weighted by Crippen LogP contribution is 2.22. The zero-order chi connectivity index (χ0) is 16.9. The normalized spacial score (nSPS) is 15.5. The van der Waals surface area contributed by atoms with E-state index in [0.717, 1.165) is 26.2 Å². The van der Waals surface area contributed by atoms with Gasteiger partial charge in [0.05, 0.1) is 32.7 Å². The van der Waals surface area contributed by atoms with Gasteiger partial charge in [-0.15, -0.1) is 11.3 Å². The number of carbonyl (C=O) groups excluding carboxylic acids is 1. The van der Waals surface area contributed by atoms with E-state index in [9.17, 15) is 4.79 Å². The fraction of sp³-hybridized carbons (Fsp3) is 0.421. The molecule has 1 aromatic heterocycles. The molecule has 1 aliphatic rings. The highest BCUT2D eigenvalue weighted by Gasteiger charge is 2.23. The number of hydrogen-bond acceptors (Lipinski definition) is 3. The molecule has 4 nitrogen and oxygen atoms in total. The van der Waals surface area contributed by atoms with Gasteiger partial charge in [-0.2, -0.15) is 0 Å². The van der Waals surface area contributed by atoms with Gasteiger partial charge in [-0.1, -0.05) is 18.2 Å². The van der Waals surface area contributed by atoms with Crippen molar-refractivity contribution in [1.29, 1.82) is 0 Å². The van der Waals surface area contributed by atoms with E-state index in [1.165, 1.54) is 26.6 Å². The second kappa shape index (κ2) is 7.81. The highest BCUT2D eigenvalue weighted by atomic mass is 32.1. The lowest BCUT2D eigenvalue weighted by atomic mass is 10.1. The molecule has 3 rings (SSSR count). The molecule has 2 aromatic rings. The third-order valence-electron chi connectivity index (χ3n) is 4.84. The molecule has 0 radical (unpaired) electrons. The van der Waals surface area contributed by atoms with E-state index in [0.29, 0.717) is 13.1 Å². The molecule has 0 aliphatic carbocycles. The number of carbonyl (C=O) groups is 1. The number of amides is 1. The molecule has 1 amide bonds. The molecular formula is C19H26N3OS+. The number of hydrogen-bond donors (Lipinski definition) is 2. The van der Waals surface area contributed by atoms with Crippen molar-refractivity contribution in [3.63, 3.8) is 0 Å². The number of nitrogens with one attached hydrogen (secondary N) is 2. The molecule has 0 bridgehead atoms. The molecule has 1 aliphatic heterocycles. The number of nitrogens with zero attached hydrogens (tertiary/aromatic N) is 1. The third-order valence-corrected chi connectivity index (χ3v) is 5.71. The van der Waals surface area contributed by atoms with Gasteiger partial charge in [0.25, 0.3) is 5.91 Å². The summed E-state index contributed by atoms with van der Waals surface area (Å²) in [5.41, 5.74) is 4.06. The topological polar surface area (TPSA) is 36.8 Å². The van der Waals surface area contributed by atoms with Crippen molar-refractivity contribution in [2.75, 3.05) is 37.6 Å². The number of benzene rings is 1.